The second-order valence-corrected chi connectivity index (χ2v) is 2.83. The van der Waals surface area contributed by atoms with Crippen molar-refractivity contribution in [1.29, 1.82) is 0 Å². The van der Waals surface area contributed by atoms with Crippen LogP contribution in [0.3, 0.4) is 0 Å². The lowest BCUT2D eigenvalue weighted by Gasteiger charge is -2.10. The van der Waals surface area contributed by atoms with E-state index >= 15 is 0 Å². The molecule has 0 aromatic carbocycles. The van der Waals surface area contributed by atoms with E-state index < -0.39 is 0 Å². The van der Waals surface area contributed by atoms with Crippen LogP contribution in [-0.4, -0.2) is 44.3 Å². The predicted octanol–water partition coefficient (Wildman–Crippen LogP) is 0.0465. The van der Waals surface area contributed by atoms with Crippen molar-refractivity contribution >= 4 is 6.09 Å². The molecule has 1 fully saturated rings. The zero-order chi connectivity index (χ0) is 8.27. The number of hydrogen-bond donors (Lipinski definition) is 1. The molecule has 0 aliphatic carbocycles. The third-order valence-corrected chi connectivity index (χ3v) is 1.83. The first-order valence-electron chi connectivity index (χ1n) is 3.79. The molecular formula is C7H14N2O2. The van der Waals surface area contributed by atoms with E-state index in [0.29, 0.717) is 0 Å². The van der Waals surface area contributed by atoms with Crippen LogP contribution in [0.2, 0.25) is 0 Å². The molecule has 4 heteroatoms. The van der Waals surface area contributed by atoms with Crippen molar-refractivity contribution in [2.75, 3.05) is 27.2 Å². The number of likely N-dealkylation sites (N-methyl/N-ethyl adjacent to an activating group) is 1. The molecule has 0 saturated carbocycles. The average Bonchev–Trinajstić information content (AvgIpc) is 2.35. The smallest absolute Gasteiger partial charge is 0.407 e. The number of nitrogens with one attached hydrogen (secondary N) is 1. The van der Waals surface area contributed by atoms with E-state index in [4.69, 9.17) is 4.74 Å². The Hall–Kier alpha value is -0.770. The van der Waals surface area contributed by atoms with Crippen molar-refractivity contribution in [3.63, 3.8) is 0 Å². The number of nitrogens with zero attached hydrogens (tertiary/aromatic N) is 1. The molecule has 1 aliphatic heterocycles. The molecule has 0 bridgehead atoms. The van der Waals surface area contributed by atoms with E-state index in [-0.39, 0.29) is 12.2 Å². The number of carbonyl (C=O) groups is 1. The van der Waals surface area contributed by atoms with Gasteiger partial charge in [0.2, 0.25) is 0 Å². The molecule has 1 N–H and O–H groups in total. The number of carbonyl (C=O) groups excluding carboxylic acids is 1. The van der Waals surface area contributed by atoms with Crippen LogP contribution in [0, 0.1) is 0 Å². The molecule has 0 aromatic rings. The predicted molar refractivity (Wildman–Crippen MR) is 41.4 cm³/mol. The van der Waals surface area contributed by atoms with Gasteiger partial charge in [-0.1, -0.05) is 0 Å². The molecule has 1 rings (SSSR count). The van der Waals surface area contributed by atoms with E-state index in [1.165, 1.54) is 0 Å². The van der Waals surface area contributed by atoms with Crippen LogP contribution in [0.25, 0.3) is 0 Å². The Morgan fingerprint density at radius 3 is 2.91 bits per heavy atom. The summed E-state index contributed by atoms with van der Waals surface area (Å²) in [6.07, 6.45) is 0.703. The Morgan fingerprint density at radius 1 is 1.73 bits per heavy atom. The van der Waals surface area contributed by atoms with Crippen LogP contribution >= 0.6 is 0 Å². The van der Waals surface area contributed by atoms with Gasteiger partial charge in [-0.25, -0.2) is 4.79 Å². The lowest BCUT2D eigenvalue weighted by atomic mass is 10.3. The zero-order valence-electron chi connectivity index (χ0n) is 6.96. The van der Waals surface area contributed by atoms with Crippen molar-refractivity contribution in [2.45, 2.75) is 12.5 Å². The molecule has 0 spiro atoms. The van der Waals surface area contributed by atoms with Crippen LogP contribution in [-0.2, 0) is 4.74 Å². The molecule has 0 aromatic heterocycles. The number of hydrogen-bond acceptors (Lipinski definition) is 3. The van der Waals surface area contributed by atoms with Gasteiger partial charge in [0, 0.05) is 20.1 Å². The van der Waals surface area contributed by atoms with Crippen LogP contribution in [0.15, 0.2) is 0 Å². The minimum absolute atomic E-state index is 0.0833. The van der Waals surface area contributed by atoms with Gasteiger partial charge in [0.25, 0.3) is 0 Å². The fraction of sp³-hybridized carbons (Fsp3) is 0.857. The van der Waals surface area contributed by atoms with Gasteiger partial charge in [0.1, 0.15) is 6.10 Å². The summed E-state index contributed by atoms with van der Waals surface area (Å²) in [5, 5.41) is 2.43. The van der Waals surface area contributed by atoms with E-state index in [1.807, 2.05) is 7.05 Å². The number of rotatable bonds is 1. The summed E-state index contributed by atoms with van der Waals surface area (Å²) in [5.41, 5.74) is 0. The van der Waals surface area contributed by atoms with Gasteiger partial charge in [-0.15, -0.1) is 0 Å². The number of likely N-dealkylation sites (tertiary alicyclic amines) is 1. The molecule has 1 heterocycles. The first kappa shape index (κ1) is 8.33. The highest BCUT2D eigenvalue weighted by molar-refractivity contribution is 5.66. The minimum Gasteiger partial charge on any atom is -0.445 e. The third-order valence-electron chi connectivity index (χ3n) is 1.83. The molecule has 1 aliphatic rings. The molecule has 64 valence electrons. The fourth-order valence-corrected chi connectivity index (χ4v) is 1.20. The van der Waals surface area contributed by atoms with Crippen LogP contribution in [0.1, 0.15) is 6.42 Å². The standard InChI is InChI=1S/C7H14N2O2/c1-8-7(10)11-6-3-4-9(2)5-6/h6H,3-5H2,1-2H3,(H,8,10). The third kappa shape index (κ3) is 2.38. The summed E-state index contributed by atoms with van der Waals surface area (Å²) in [6.45, 7) is 1.87. The Labute approximate surface area is 66.5 Å². The second-order valence-electron chi connectivity index (χ2n) is 2.83. The zero-order valence-corrected chi connectivity index (χ0v) is 6.96. The minimum atomic E-state index is -0.328. The Bertz CT molecular complexity index is 149. The molecule has 4 nitrogen and oxygen atoms in total. The molecule has 0 radical (unpaired) electrons. The Balaban J connectivity index is 2.23. The van der Waals surface area contributed by atoms with E-state index in [0.717, 1.165) is 19.5 Å². The monoisotopic (exact) mass is 158 g/mol. The first-order valence-corrected chi connectivity index (χ1v) is 3.79. The van der Waals surface area contributed by atoms with E-state index in [9.17, 15) is 4.79 Å². The van der Waals surface area contributed by atoms with Gasteiger partial charge >= 0.3 is 6.09 Å². The normalized spacial score (nSPS) is 25.1. The number of ether oxygens (including phenoxy) is 1. The van der Waals surface area contributed by atoms with E-state index in [2.05, 4.69) is 10.2 Å². The van der Waals surface area contributed by atoms with Crippen molar-refractivity contribution in [3.05, 3.63) is 0 Å². The molecule has 1 atom stereocenters. The van der Waals surface area contributed by atoms with Gasteiger partial charge in [-0.2, -0.15) is 0 Å². The molecule has 1 unspecified atom stereocenters. The van der Waals surface area contributed by atoms with Gasteiger partial charge in [0.15, 0.2) is 0 Å². The summed E-state index contributed by atoms with van der Waals surface area (Å²) in [4.78, 5) is 12.9. The van der Waals surface area contributed by atoms with Gasteiger partial charge in [-0.3, -0.25) is 0 Å². The van der Waals surface area contributed by atoms with Gasteiger partial charge in [-0.05, 0) is 13.5 Å². The lowest BCUT2D eigenvalue weighted by Crippen LogP contribution is -2.27. The van der Waals surface area contributed by atoms with E-state index in [1.54, 1.807) is 7.05 Å². The summed E-state index contributed by atoms with van der Waals surface area (Å²) >= 11 is 0. The highest BCUT2D eigenvalue weighted by Crippen LogP contribution is 2.09. The van der Waals surface area contributed by atoms with Crippen LogP contribution < -0.4 is 5.32 Å². The second kappa shape index (κ2) is 3.57. The summed E-state index contributed by atoms with van der Waals surface area (Å²) < 4.78 is 5.04. The highest BCUT2D eigenvalue weighted by Gasteiger charge is 2.22. The fourth-order valence-electron chi connectivity index (χ4n) is 1.20. The molecule has 1 saturated heterocycles. The molecule has 1 amide bonds. The highest BCUT2D eigenvalue weighted by atomic mass is 16.6. The summed E-state index contributed by atoms with van der Waals surface area (Å²) in [6, 6.07) is 0. The average molecular weight is 158 g/mol. The maximum absolute atomic E-state index is 10.7. The largest absolute Gasteiger partial charge is 0.445 e. The van der Waals surface area contributed by atoms with Gasteiger partial charge < -0.3 is 15.0 Å². The maximum atomic E-state index is 10.7. The van der Waals surface area contributed by atoms with Crippen molar-refractivity contribution < 1.29 is 9.53 Å². The number of amides is 1. The molecular weight excluding hydrogens is 144 g/mol. The molecule has 11 heavy (non-hydrogen) atoms. The quantitative estimate of drug-likeness (QED) is 0.586. The van der Waals surface area contributed by atoms with Gasteiger partial charge in [0.05, 0.1) is 0 Å². The van der Waals surface area contributed by atoms with Crippen molar-refractivity contribution in [1.82, 2.24) is 10.2 Å². The Morgan fingerprint density at radius 2 is 2.45 bits per heavy atom. The maximum Gasteiger partial charge on any atom is 0.407 e. The first-order chi connectivity index (χ1) is 5.22. The summed E-state index contributed by atoms with van der Waals surface area (Å²) in [5.74, 6) is 0. The summed E-state index contributed by atoms with van der Waals surface area (Å²) in [7, 11) is 3.59. The number of alkyl carbamates (subject to hydrolysis) is 1. The topological polar surface area (TPSA) is 41.6 Å². The lowest BCUT2D eigenvalue weighted by molar-refractivity contribution is 0.104. The SMILES string of the molecule is CNC(=O)OC1CCN(C)C1. The van der Waals surface area contributed by atoms with Crippen molar-refractivity contribution in [3.8, 4) is 0 Å². The van der Waals surface area contributed by atoms with Crippen LogP contribution in [0.4, 0.5) is 4.79 Å². The van der Waals surface area contributed by atoms with Crippen LogP contribution in [0.5, 0.6) is 0 Å². The van der Waals surface area contributed by atoms with Crippen molar-refractivity contribution in [2.24, 2.45) is 0 Å². The Kier molecular flexibility index (Phi) is 2.70.